The molecule has 1 atom stereocenters. The molecular formula is C28H31ClN2O5S. The molecule has 9 heteroatoms. The summed E-state index contributed by atoms with van der Waals surface area (Å²) < 4.78 is 15.9. The van der Waals surface area contributed by atoms with Crippen molar-refractivity contribution in [2.75, 3.05) is 47.6 Å². The predicted octanol–water partition coefficient (Wildman–Crippen LogP) is 5.07. The summed E-state index contributed by atoms with van der Waals surface area (Å²) in [5.74, 6) is 0.639. The Balaban J connectivity index is 1.62. The van der Waals surface area contributed by atoms with Crippen LogP contribution in [0, 0.1) is 0 Å². The zero-order chi connectivity index (χ0) is 26.4. The number of thiophene rings is 1. The second-order valence-electron chi connectivity index (χ2n) is 8.76. The maximum Gasteiger partial charge on any atom is 0.254 e. The number of hydrogen-bond donors (Lipinski definition) is 0. The number of benzene rings is 2. The lowest BCUT2D eigenvalue weighted by molar-refractivity contribution is -0.134. The number of ether oxygens (including phenoxy) is 3. The number of hydrogen-bond acceptors (Lipinski definition) is 6. The monoisotopic (exact) mass is 542 g/mol. The van der Waals surface area contributed by atoms with Crippen molar-refractivity contribution in [3.63, 3.8) is 0 Å². The zero-order valence-corrected chi connectivity index (χ0v) is 22.8. The van der Waals surface area contributed by atoms with Gasteiger partial charge in [-0.25, -0.2) is 0 Å². The third-order valence-electron chi connectivity index (χ3n) is 6.46. The molecule has 0 radical (unpaired) electrons. The average Bonchev–Trinajstić information content (AvgIpc) is 3.41. The highest BCUT2D eigenvalue weighted by Gasteiger charge is 2.34. The summed E-state index contributed by atoms with van der Waals surface area (Å²) in [6.07, 6.45) is 1.39. The normalized spacial score (nSPS) is 14.7. The molecule has 0 N–H and O–H groups in total. The molecule has 2 amide bonds. The molecule has 7 nitrogen and oxygen atoms in total. The van der Waals surface area contributed by atoms with E-state index in [9.17, 15) is 9.59 Å². The third kappa shape index (κ3) is 6.26. The average molecular weight is 543 g/mol. The van der Waals surface area contributed by atoms with Crippen LogP contribution in [-0.2, 0) is 16.0 Å². The summed E-state index contributed by atoms with van der Waals surface area (Å²) in [4.78, 5) is 32.2. The number of nitrogens with zero attached hydrogens (tertiary/aromatic N) is 2. The smallest absolute Gasteiger partial charge is 0.254 e. The molecule has 2 heterocycles. The van der Waals surface area contributed by atoms with Crippen LogP contribution in [0.15, 0.2) is 53.9 Å². The van der Waals surface area contributed by atoms with Gasteiger partial charge in [-0.1, -0.05) is 23.7 Å². The number of methoxy groups -OCH3 is 3. The minimum Gasteiger partial charge on any atom is -0.497 e. The Kier molecular flexibility index (Phi) is 9.08. The van der Waals surface area contributed by atoms with E-state index in [2.05, 4.69) is 11.4 Å². The molecule has 1 aliphatic heterocycles. The van der Waals surface area contributed by atoms with Crippen molar-refractivity contribution in [2.45, 2.75) is 18.9 Å². The number of fused-ring (bicyclic) bond motifs is 1. The Morgan fingerprint density at radius 2 is 1.76 bits per heavy atom. The lowest BCUT2D eigenvalue weighted by Gasteiger charge is -2.37. The highest BCUT2D eigenvalue weighted by molar-refractivity contribution is 7.10. The van der Waals surface area contributed by atoms with Gasteiger partial charge >= 0.3 is 0 Å². The number of halogens is 1. The largest absolute Gasteiger partial charge is 0.497 e. The van der Waals surface area contributed by atoms with E-state index in [4.69, 9.17) is 25.8 Å². The topological polar surface area (TPSA) is 68.3 Å². The second kappa shape index (κ2) is 12.4. The van der Waals surface area contributed by atoms with Crippen molar-refractivity contribution >= 4 is 34.8 Å². The van der Waals surface area contributed by atoms with Crippen molar-refractivity contribution in [2.24, 2.45) is 0 Å². The van der Waals surface area contributed by atoms with Crippen LogP contribution >= 0.6 is 22.9 Å². The molecule has 0 fully saturated rings. The molecule has 0 saturated heterocycles. The van der Waals surface area contributed by atoms with Gasteiger partial charge in [0.2, 0.25) is 5.91 Å². The summed E-state index contributed by atoms with van der Waals surface area (Å²) in [7, 11) is 4.69. The van der Waals surface area contributed by atoms with Crippen molar-refractivity contribution in [1.82, 2.24) is 9.80 Å². The van der Waals surface area contributed by atoms with E-state index in [0.29, 0.717) is 48.2 Å². The Hall–Kier alpha value is -3.07. The molecule has 196 valence electrons. The van der Waals surface area contributed by atoms with Gasteiger partial charge in [0.15, 0.2) is 0 Å². The molecular weight excluding hydrogens is 512 g/mol. The quantitative estimate of drug-likeness (QED) is 0.335. The highest BCUT2D eigenvalue weighted by Crippen LogP contribution is 2.38. The van der Waals surface area contributed by atoms with Gasteiger partial charge < -0.3 is 24.0 Å². The van der Waals surface area contributed by atoms with Gasteiger partial charge in [-0.2, -0.15) is 0 Å². The van der Waals surface area contributed by atoms with E-state index >= 15 is 0 Å². The number of carbonyl (C=O) groups is 2. The highest BCUT2D eigenvalue weighted by atomic mass is 35.5. The van der Waals surface area contributed by atoms with Gasteiger partial charge in [-0.15, -0.1) is 11.3 Å². The fourth-order valence-corrected chi connectivity index (χ4v) is 5.64. The summed E-state index contributed by atoms with van der Waals surface area (Å²) in [6.45, 7) is 1.38. The Morgan fingerprint density at radius 1 is 1.05 bits per heavy atom. The van der Waals surface area contributed by atoms with Gasteiger partial charge in [0.25, 0.3) is 5.91 Å². The van der Waals surface area contributed by atoms with Crippen LogP contribution in [0.1, 0.15) is 38.8 Å². The first kappa shape index (κ1) is 27.0. The van der Waals surface area contributed by atoms with Crippen LogP contribution in [-0.4, -0.2) is 69.2 Å². The number of amides is 2. The molecule has 0 bridgehead atoms. The lowest BCUT2D eigenvalue weighted by Crippen LogP contribution is -2.47. The van der Waals surface area contributed by atoms with Crippen LogP contribution in [0.3, 0.4) is 0 Å². The van der Waals surface area contributed by atoms with Crippen LogP contribution in [0.2, 0.25) is 5.02 Å². The van der Waals surface area contributed by atoms with Crippen LogP contribution in [0.5, 0.6) is 11.5 Å². The van der Waals surface area contributed by atoms with Crippen molar-refractivity contribution in [1.29, 1.82) is 0 Å². The Morgan fingerprint density at radius 3 is 2.41 bits per heavy atom. The van der Waals surface area contributed by atoms with Gasteiger partial charge in [-0.3, -0.25) is 9.59 Å². The summed E-state index contributed by atoms with van der Waals surface area (Å²) in [5, 5.41) is 2.71. The molecule has 1 aromatic heterocycles. The van der Waals surface area contributed by atoms with E-state index < -0.39 is 0 Å². The molecule has 4 rings (SSSR count). The molecule has 3 aromatic rings. The first-order chi connectivity index (χ1) is 17.9. The van der Waals surface area contributed by atoms with Crippen molar-refractivity contribution in [3.05, 3.63) is 80.5 Å². The van der Waals surface area contributed by atoms with E-state index in [1.54, 1.807) is 41.5 Å². The first-order valence-corrected chi connectivity index (χ1v) is 13.3. The summed E-state index contributed by atoms with van der Waals surface area (Å²) in [6, 6.07) is 14.5. The van der Waals surface area contributed by atoms with Crippen LogP contribution < -0.4 is 9.47 Å². The van der Waals surface area contributed by atoms with E-state index in [1.807, 2.05) is 29.2 Å². The molecule has 1 aliphatic rings. The Labute approximate surface area is 226 Å². The number of carbonyl (C=O) groups excluding carboxylic acids is 2. The standard InChI is InChI=1S/C28H31ClN2O5S/c1-34-13-4-11-30(28(33)20-15-22(35-2)17-23(16-20)36-3)18-26(32)31-12-9-25-24(10-14-37-25)27(31)19-5-7-21(29)8-6-19/h5-8,10,14-17,27H,4,9,11-13,18H2,1-3H3. The van der Waals surface area contributed by atoms with Crippen molar-refractivity contribution in [3.8, 4) is 11.5 Å². The van der Waals surface area contributed by atoms with Crippen molar-refractivity contribution < 1.29 is 23.8 Å². The first-order valence-electron chi connectivity index (χ1n) is 12.1. The van der Waals surface area contributed by atoms with Crippen LogP contribution in [0.25, 0.3) is 0 Å². The number of rotatable bonds is 10. The molecule has 1 unspecified atom stereocenters. The molecule has 37 heavy (non-hydrogen) atoms. The SMILES string of the molecule is COCCCN(CC(=O)N1CCc2sccc2C1c1ccc(Cl)cc1)C(=O)c1cc(OC)cc(OC)c1. The summed E-state index contributed by atoms with van der Waals surface area (Å²) >= 11 is 7.85. The fourth-order valence-electron chi connectivity index (χ4n) is 4.61. The van der Waals surface area contributed by atoms with Gasteiger partial charge in [0, 0.05) is 48.3 Å². The minimum absolute atomic E-state index is 0.0500. The van der Waals surface area contributed by atoms with Gasteiger partial charge in [-0.05, 0) is 59.7 Å². The van der Waals surface area contributed by atoms with Crippen LogP contribution in [0.4, 0.5) is 0 Å². The Bertz CT molecular complexity index is 1210. The third-order valence-corrected chi connectivity index (χ3v) is 7.71. The van der Waals surface area contributed by atoms with E-state index in [1.165, 1.54) is 19.1 Å². The predicted molar refractivity (Wildman–Crippen MR) is 145 cm³/mol. The van der Waals surface area contributed by atoms with Gasteiger partial charge in [0.05, 0.1) is 20.3 Å². The van der Waals surface area contributed by atoms with Gasteiger partial charge in [0.1, 0.15) is 18.0 Å². The summed E-state index contributed by atoms with van der Waals surface area (Å²) in [5.41, 5.74) is 2.52. The van der Waals surface area contributed by atoms with E-state index in [-0.39, 0.29) is 24.4 Å². The molecule has 0 spiro atoms. The second-order valence-corrected chi connectivity index (χ2v) is 10.2. The maximum absolute atomic E-state index is 13.8. The minimum atomic E-state index is -0.266. The molecule has 0 aliphatic carbocycles. The molecule has 0 saturated carbocycles. The fraction of sp³-hybridized carbons (Fsp3) is 0.357. The maximum atomic E-state index is 13.8. The molecule has 2 aromatic carbocycles. The van der Waals surface area contributed by atoms with E-state index in [0.717, 1.165) is 17.5 Å². The lowest BCUT2D eigenvalue weighted by atomic mass is 9.93. The zero-order valence-electron chi connectivity index (χ0n) is 21.2.